The zero-order valence-electron chi connectivity index (χ0n) is 9.75. The van der Waals surface area contributed by atoms with Crippen LogP contribution in [-0.4, -0.2) is 13.7 Å². The van der Waals surface area contributed by atoms with E-state index < -0.39 is 15.4 Å². The van der Waals surface area contributed by atoms with Crippen LogP contribution in [-0.2, 0) is 10.1 Å². The van der Waals surface area contributed by atoms with Gasteiger partial charge < -0.3 is 4.18 Å². The molecule has 0 unspecified atom stereocenters. The minimum atomic E-state index is -3.54. The van der Waals surface area contributed by atoms with E-state index in [1.807, 2.05) is 30.3 Å². The van der Waals surface area contributed by atoms with Crippen molar-refractivity contribution in [3.05, 3.63) is 42.5 Å². The monoisotopic (exact) mass is 250 g/mol. The molecule has 0 bridgehead atoms. The maximum Gasteiger partial charge on any atom is 0.311 e. The van der Waals surface area contributed by atoms with E-state index in [9.17, 15) is 8.42 Å². The summed E-state index contributed by atoms with van der Waals surface area (Å²) in [6.45, 7) is 3.20. The van der Waals surface area contributed by atoms with Gasteiger partial charge in [-0.2, -0.15) is 8.42 Å². The van der Waals surface area contributed by atoms with Crippen molar-refractivity contribution in [2.24, 2.45) is 0 Å². The minimum absolute atomic E-state index is 0.386. The van der Waals surface area contributed by atoms with E-state index in [-0.39, 0.29) is 0 Å². The van der Waals surface area contributed by atoms with Crippen LogP contribution in [0, 0.1) is 0 Å². The normalized spacial score (nSPS) is 11.9. The van der Waals surface area contributed by atoms with Crippen LogP contribution in [0.25, 0.3) is 10.8 Å². The molecule has 2 aromatic carbocycles. The highest BCUT2D eigenvalue weighted by Crippen LogP contribution is 2.26. The molecule has 0 radical (unpaired) electrons. The molecule has 0 aromatic heterocycles. The molecule has 4 heteroatoms. The molecule has 0 amide bonds. The zero-order chi connectivity index (χ0) is 12.5. The largest absolute Gasteiger partial charge is 0.382 e. The molecule has 90 valence electrons. The Morgan fingerprint density at radius 2 is 1.65 bits per heavy atom. The Balaban J connectivity index is 2.50. The van der Waals surface area contributed by atoms with E-state index in [2.05, 4.69) is 0 Å². The Hall–Kier alpha value is -1.55. The summed E-state index contributed by atoms with van der Waals surface area (Å²) in [6.07, 6.45) is 0. The molecule has 0 fully saturated rings. The summed E-state index contributed by atoms with van der Waals surface area (Å²) >= 11 is 0. The van der Waals surface area contributed by atoms with Crippen LogP contribution < -0.4 is 4.18 Å². The fraction of sp³-hybridized carbons (Fsp3) is 0.231. The van der Waals surface area contributed by atoms with Crippen LogP contribution in [0.2, 0.25) is 0 Å². The van der Waals surface area contributed by atoms with Crippen LogP contribution in [0.15, 0.2) is 42.5 Å². The zero-order valence-corrected chi connectivity index (χ0v) is 10.6. The van der Waals surface area contributed by atoms with Gasteiger partial charge in [-0.1, -0.05) is 36.4 Å². The van der Waals surface area contributed by atoms with Gasteiger partial charge in [0, 0.05) is 5.39 Å². The molecule has 3 nitrogen and oxygen atoms in total. The first-order valence-electron chi connectivity index (χ1n) is 5.42. The van der Waals surface area contributed by atoms with Crippen molar-refractivity contribution in [1.82, 2.24) is 0 Å². The SMILES string of the molecule is CC(C)S(=O)(=O)Oc1cccc2ccccc12. The molecular weight excluding hydrogens is 236 g/mol. The smallest absolute Gasteiger partial charge is 0.311 e. The molecule has 17 heavy (non-hydrogen) atoms. The van der Waals surface area contributed by atoms with Crippen molar-refractivity contribution in [3.8, 4) is 5.75 Å². The Kier molecular flexibility index (Phi) is 3.07. The predicted molar refractivity (Wildman–Crippen MR) is 68.6 cm³/mol. The van der Waals surface area contributed by atoms with Crippen molar-refractivity contribution in [1.29, 1.82) is 0 Å². The standard InChI is InChI=1S/C13H14O3S/c1-10(2)17(14,15)16-13-9-5-7-11-6-3-4-8-12(11)13/h3-10H,1-2H3. The third-order valence-corrected chi connectivity index (χ3v) is 4.10. The number of hydrogen-bond acceptors (Lipinski definition) is 3. The number of hydrogen-bond donors (Lipinski definition) is 0. The van der Waals surface area contributed by atoms with Gasteiger partial charge in [-0.05, 0) is 25.3 Å². The third kappa shape index (κ3) is 2.42. The second-order valence-electron chi connectivity index (χ2n) is 4.10. The van der Waals surface area contributed by atoms with Gasteiger partial charge in [0.25, 0.3) is 0 Å². The van der Waals surface area contributed by atoms with Crippen molar-refractivity contribution >= 4 is 20.9 Å². The van der Waals surface area contributed by atoms with Gasteiger partial charge in [-0.25, -0.2) is 0 Å². The minimum Gasteiger partial charge on any atom is -0.382 e. The van der Waals surface area contributed by atoms with E-state index in [1.54, 1.807) is 26.0 Å². The highest BCUT2D eigenvalue weighted by atomic mass is 32.2. The molecule has 0 aliphatic heterocycles. The summed E-state index contributed by atoms with van der Waals surface area (Å²) in [5, 5.41) is 1.21. The molecule has 0 saturated heterocycles. The van der Waals surface area contributed by atoms with E-state index in [1.165, 1.54) is 0 Å². The maximum absolute atomic E-state index is 11.7. The number of benzene rings is 2. The lowest BCUT2D eigenvalue weighted by Gasteiger charge is -2.11. The third-order valence-electron chi connectivity index (χ3n) is 2.53. The van der Waals surface area contributed by atoms with E-state index in [4.69, 9.17) is 4.18 Å². The Labute approximate surface area is 101 Å². The van der Waals surface area contributed by atoms with Crippen LogP contribution in [0.1, 0.15) is 13.8 Å². The average Bonchev–Trinajstić information content (AvgIpc) is 2.29. The molecule has 0 aliphatic carbocycles. The molecule has 0 aliphatic rings. The molecule has 0 spiro atoms. The Morgan fingerprint density at radius 3 is 2.35 bits per heavy atom. The summed E-state index contributed by atoms with van der Waals surface area (Å²) in [7, 11) is -3.54. The maximum atomic E-state index is 11.7. The first kappa shape index (κ1) is 11.9. The lowest BCUT2D eigenvalue weighted by molar-refractivity contribution is 0.479. The predicted octanol–water partition coefficient (Wildman–Crippen LogP) is 2.96. The first-order chi connectivity index (χ1) is 8.00. The van der Waals surface area contributed by atoms with Gasteiger partial charge in [-0.15, -0.1) is 0 Å². The average molecular weight is 250 g/mol. The molecule has 0 saturated carbocycles. The molecule has 2 rings (SSSR count). The van der Waals surface area contributed by atoms with Gasteiger partial charge >= 0.3 is 10.1 Å². The van der Waals surface area contributed by atoms with Crippen molar-refractivity contribution in [2.75, 3.05) is 0 Å². The van der Waals surface area contributed by atoms with Crippen LogP contribution in [0.4, 0.5) is 0 Å². The molecular formula is C13H14O3S. The lowest BCUT2D eigenvalue weighted by Crippen LogP contribution is -2.20. The van der Waals surface area contributed by atoms with Gasteiger partial charge in [0.1, 0.15) is 5.75 Å². The van der Waals surface area contributed by atoms with Crippen LogP contribution in [0.3, 0.4) is 0 Å². The first-order valence-corrected chi connectivity index (χ1v) is 6.89. The van der Waals surface area contributed by atoms with Crippen LogP contribution in [0.5, 0.6) is 5.75 Å². The van der Waals surface area contributed by atoms with Gasteiger partial charge in [0.2, 0.25) is 0 Å². The summed E-state index contributed by atoms with van der Waals surface area (Å²) < 4.78 is 28.6. The molecule has 0 N–H and O–H groups in total. The van der Waals surface area contributed by atoms with Gasteiger partial charge in [0.05, 0.1) is 5.25 Å². The summed E-state index contributed by atoms with van der Waals surface area (Å²) in [6, 6.07) is 12.9. The van der Waals surface area contributed by atoms with Gasteiger partial charge in [0.15, 0.2) is 0 Å². The van der Waals surface area contributed by atoms with Crippen molar-refractivity contribution < 1.29 is 12.6 Å². The van der Waals surface area contributed by atoms with Crippen molar-refractivity contribution in [3.63, 3.8) is 0 Å². The van der Waals surface area contributed by atoms with E-state index >= 15 is 0 Å². The second kappa shape index (κ2) is 4.37. The van der Waals surface area contributed by atoms with E-state index in [0.29, 0.717) is 5.75 Å². The fourth-order valence-electron chi connectivity index (χ4n) is 1.49. The Bertz CT molecular complexity index is 625. The summed E-state index contributed by atoms with van der Waals surface area (Å²) in [5.74, 6) is 0.386. The Morgan fingerprint density at radius 1 is 1.00 bits per heavy atom. The molecule has 0 heterocycles. The summed E-state index contributed by atoms with van der Waals surface area (Å²) in [5.41, 5.74) is 0. The fourth-order valence-corrected chi connectivity index (χ4v) is 2.08. The highest BCUT2D eigenvalue weighted by Gasteiger charge is 2.19. The lowest BCUT2D eigenvalue weighted by atomic mass is 10.1. The second-order valence-corrected chi connectivity index (χ2v) is 6.20. The van der Waals surface area contributed by atoms with Crippen molar-refractivity contribution in [2.45, 2.75) is 19.1 Å². The molecule has 2 aromatic rings. The van der Waals surface area contributed by atoms with E-state index in [0.717, 1.165) is 10.8 Å². The highest BCUT2D eigenvalue weighted by molar-refractivity contribution is 7.87. The molecule has 0 atom stereocenters. The van der Waals surface area contributed by atoms with Gasteiger partial charge in [-0.3, -0.25) is 0 Å². The number of rotatable bonds is 3. The summed E-state index contributed by atoms with van der Waals surface area (Å²) in [4.78, 5) is 0. The quantitative estimate of drug-likeness (QED) is 0.787. The number of fused-ring (bicyclic) bond motifs is 1. The van der Waals surface area contributed by atoms with Crippen LogP contribution >= 0.6 is 0 Å². The topological polar surface area (TPSA) is 43.4 Å².